The summed E-state index contributed by atoms with van der Waals surface area (Å²) in [5.41, 5.74) is 1.75. The summed E-state index contributed by atoms with van der Waals surface area (Å²) in [6, 6.07) is 2.05. The monoisotopic (exact) mass is 337 g/mol. The van der Waals surface area contributed by atoms with Gasteiger partial charge in [0.25, 0.3) is 0 Å². The third-order valence-electron chi connectivity index (χ3n) is 5.62. The summed E-state index contributed by atoms with van der Waals surface area (Å²) in [5.74, 6) is 0.508. The molecule has 2 saturated heterocycles. The van der Waals surface area contributed by atoms with Gasteiger partial charge in [-0.15, -0.1) is 0 Å². The number of aromatic nitrogens is 1. The molecular formula is C17H24ClN3O2. The lowest BCUT2D eigenvalue weighted by Gasteiger charge is -2.68. The number of likely N-dealkylation sites (tertiary alicyclic amines) is 1. The van der Waals surface area contributed by atoms with Crippen LogP contribution in [-0.4, -0.2) is 46.3 Å². The molecule has 2 fully saturated rings. The Morgan fingerprint density at radius 1 is 1.48 bits per heavy atom. The van der Waals surface area contributed by atoms with Gasteiger partial charge in [-0.05, 0) is 30.4 Å². The number of anilines is 1. The number of fused-ring (bicyclic) bond motifs is 1. The van der Waals surface area contributed by atoms with Crippen LogP contribution in [0.25, 0.3) is 0 Å². The van der Waals surface area contributed by atoms with Crippen LogP contribution in [0.1, 0.15) is 32.8 Å². The fourth-order valence-corrected chi connectivity index (χ4v) is 4.42. The van der Waals surface area contributed by atoms with Gasteiger partial charge in [-0.1, -0.05) is 32.4 Å². The number of nitrogens with zero attached hydrogens (tertiary/aromatic N) is 3. The van der Waals surface area contributed by atoms with Crippen LogP contribution in [0.5, 0.6) is 0 Å². The van der Waals surface area contributed by atoms with Crippen LogP contribution < -0.4 is 4.90 Å². The van der Waals surface area contributed by atoms with E-state index in [1.807, 2.05) is 6.92 Å². The number of carbonyl (C=O) groups is 1. The standard InChI is InChI=1S/C17H24ClN3O2/c1-11-7-13(8-19-14(11)18)21-9-12-5-6-20(15(22)23)10-17(12,21)16(2,3)4/h7-8,12H,5-6,9-10H2,1-4H3,(H,22,23)/t12-,17+/m1/s1. The Balaban J connectivity index is 2.01. The van der Waals surface area contributed by atoms with Gasteiger partial charge in [0.15, 0.2) is 0 Å². The highest BCUT2D eigenvalue weighted by atomic mass is 35.5. The molecule has 2 aliphatic heterocycles. The summed E-state index contributed by atoms with van der Waals surface area (Å²) in [6.07, 6.45) is 1.89. The van der Waals surface area contributed by atoms with Crippen molar-refractivity contribution in [1.82, 2.24) is 9.88 Å². The first-order valence-corrected chi connectivity index (χ1v) is 8.42. The van der Waals surface area contributed by atoms with E-state index >= 15 is 0 Å². The number of hydrogen-bond acceptors (Lipinski definition) is 3. The van der Waals surface area contributed by atoms with Crippen LogP contribution in [0.2, 0.25) is 5.15 Å². The van der Waals surface area contributed by atoms with Crippen molar-refractivity contribution in [3.05, 3.63) is 23.0 Å². The van der Waals surface area contributed by atoms with Gasteiger partial charge < -0.3 is 14.9 Å². The second-order valence-corrected chi connectivity index (χ2v) is 8.13. The highest BCUT2D eigenvalue weighted by molar-refractivity contribution is 6.30. The summed E-state index contributed by atoms with van der Waals surface area (Å²) in [5, 5.41) is 9.98. The molecule has 2 atom stereocenters. The summed E-state index contributed by atoms with van der Waals surface area (Å²) in [7, 11) is 0. The molecule has 5 nitrogen and oxygen atoms in total. The van der Waals surface area contributed by atoms with Gasteiger partial charge in [0.1, 0.15) is 5.15 Å². The fourth-order valence-electron chi connectivity index (χ4n) is 4.31. The van der Waals surface area contributed by atoms with E-state index < -0.39 is 6.09 Å². The second-order valence-electron chi connectivity index (χ2n) is 7.78. The van der Waals surface area contributed by atoms with Crippen LogP contribution in [0, 0.1) is 18.3 Å². The Morgan fingerprint density at radius 3 is 2.74 bits per heavy atom. The maximum Gasteiger partial charge on any atom is 0.407 e. The van der Waals surface area contributed by atoms with Gasteiger partial charge in [0.05, 0.1) is 17.4 Å². The minimum absolute atomic E-state index is 0.0441. The molecule has 1 amide bonds. The highest BCUT2D eigenvalue weighted by Gasteiger charge is 2.62. The van der Waals surface area contributed by atoms with Crippen molar-refractivity contribution in [1.29, 1.82) is 0 Å². The van der Waals surface area contributed by atoms with Crippen molar-refractivity contribution in [2.75, 3.05) is 24.5 Å². The van der Waals surface area contributed by atoms with Crippen molar-refractivity contribution < 1.29 is 9.90 Å². The predicted octanol–water partition coefficient (Wildman–Crippen LogP) is 3.65. The van der Waals surface area contributed by atoms with E-state index in [0.717, 1.165) is 24.2 Å². The Kier molecular flexibility index (Phi) is 3.75. The molecule has 0 bridgehead atoms. The van der Waals surface area contributed by atoms with Crippen LogP contribution in [0.4, 0.5) is 10.5 Å². The van der Waals surface area contributed by atoms with Crippen LogP contribution in [0.15, 0.2) is 12.3 Å². The molecular weight excluding hydrogens is 314 g/mol. The molecule has 1 N–H and O–H groups in total. The SMILES string of the molecule is Cc1cc(N2C[C@H]3CCN(C(=O)O)C[C@@]32C(C)(C)C)cnc1Cl. The van der Waals surface area contributed by atoms with Gasteiger partial charge in [0.2, 0.25) is 0 Å². The third-order valence-corrected chi connectivity index (χ3v) is 6.02. The molecule has 6 heteroatoms. The molecule has 3 rings (SSSR count). The third kappa shape index (κ3) is 2.36. The average Bonchev–Trinajstić information content (AvgIpc) is 2.42. The summed E-state index contributed by atoms with van der Waals surface area (Å²) >= 11 is 6.06. The van der Waals surface area contributed by atoms with E-state index in [2.05, 4.69) is 36.7 Å². The van der Waals surface area contributed by atoms with Gasteiger partial charge >= 0.3 is 6.09 Å². The van der Waals surface area contributed by atoms with Gasteiger partial charge in [-0.3, -0.25) is 0 Å². The number of piperidine rings is 1. The fraction of sp³-hybridized carbons (Fsp3) is 0.647. The molecule has 0 aromatic carbocycles. The molecule has 2 aliphatic rings. The molecule has 0 saturated carbocycles. The Morgan fingerprint density at radius 2 is 2.17 bits per heavy atom. The number of rotatable bonds is 1. The second kappa shape index (κ2) is 5.26. The molecule has 0 unspecified atom stereocenters. The lowest BCUT2D eigenvalue weighted by molar-refractivity contribution is -0.0311. The van der Waals surface area contributed by atoms with Crippen molar-refractivity contribution in [3.63, 3.8) is 0 Å². The normalized spacial score (nSPS) is 27.4. The van der Waals surface area contributed by atoms with E-state index in [0.29, 0.717) is 24.2 Å². The number of pyridine rings is 1. The first-order valence-electron chi connectivity index (χ1n) is 8.04. The van der Waals surface area contributed by atoms with Crippen LogP contribution >= 0.6 is 11.6 Å². The van der Waals surface area contributed by atoms with E-state index in [-0.39, 0.29) is 11.0 Å². The molecule has 0 spiro atoms. The molecule has 3 heterocycles. The van der Waals surface area contributed by atoms with Crippen molar-refractivity contribution in [3.8, 4) is 0 Å². The van der Waals surface area contributed by atoms with Crippen molar-refractivity contribution in [2.45, 2.75) is 39.7 Å². The molecule has 1 aromatic rings. The van der Waals surface area contributed by atoms with Crippen molar-refractivity contribution in [2.24, 2.45) is 11.3 Å². The van der Waals surface area contributed by atoms with E-state index in [1.54, 1.807) is 11.1 Å². The maximum absolute atomic E-state index is 11.5. The topological polar surface area (TPSA) is 56.7 Å². The van der Waals surface area contributed by atoms with Crippen LogP contribution in [-0.2, 0) is 0 Å². The zero-order chi connectivity index (χ0) is 17.0. The smallest absolute Gasteiger partial charge is 0.407 e. The number of carboxylic acid groups (broad SMARTS) is 1. The maximum atomic E-state index is 11.5. The lowest BCUT2D eigenvalue weighted by Crippen LogP contribution is -2.79. The Labute approximate surface area is 142 Å². The van der Waals surface area contributed by atoms with Gasteiger partial charge in [0, 0.05) is 25.6 Å². The van der Waals surface area contributed by atoms with Gasteiger partial charge in [-0.25, -0.2) is 9.78 Å². The first-order chi connectivity index (χ1) is 10.7. The van der Waals surface area contributed by atoms with E-state index in [9.17, 15) is 9.90 Å². The highest BCUT2D eigenvalue weighted by Crippen LogP contribution is 2.54. The van der Waals surface area contributed by atoms with Crippen molar-refractivity contribution >= 4 is 23.4 Å². The number of halogens is 1. The Hall–Kier alpha value is -1.49. The molecule has 1 aromatic heterocycles. The number of amides is 1. The molecule has 126 valence electrons. The van der Waals surface area contributed by atoms with E-state index in [1.165, 1.54) is 0 Å². The lowest BCUT2D eigenvalue weighted by atomic mass is 9.57. The zero-order valence-electron chi connectivity index (χ0n) is 14.1. The minimum Gasteiger partial charge on any atom is -0.465 e. The molecule has 0 radical (unpaired) electrons. The Bertz CT molecular complexity index is 643. The molecule has 0 aliphatic carbocycles. The van der Waals surface area contributed by atoms with Gasteiger partial charge in [-0.2, -0.15) is 0 Å². The number of aryl methyl sites for hydroxylation is 1. The summed E-state index contributed by atoms with van der Waals surface area (Å²) in [4.78, 5) is 19.7. The quantitative estimate of drug-likeness (QED) is 0.795. The zero-order valence-corrected chi connectivity index (χ0v) is 14.9. The summed E-state index contributed by atoms with van der Waals surface area (Å²) in [6.45, 7) is 10.7. The predicted molar refractivity (Wildman–Crippen MR) is 91.2 cm³/mol. The minimum atomic E-state index is -0.829. The largest absolute Gasteiger partial charge is 0.465 e. The first kappa shape index (κ1) is 16.4. The van der Waals surface area contributed by atoms with E-state index in [4.69, 9.17) is 11.6 Å². The average molecular weight is 338 g/mol. The summed E-state index contributed by atoms with van der Waals surface area (Å²) < 4.78 is 0. The molecule has 23 heavy (non-hydrogen) atoms. The number of hydrogen-bond donors (Lipinski definition) is 1. The van der Waals surface area contributed by atoms with Crippen LogP contribution in [0.3, 0.4) is 0 Å².